The summed E-state index contributed by atoms with van der Waals surface area (Å²) in [7, 11) is 6.81. The van der Waals surface area contributed by atoms with Gasteiger partial charge in [-0.05, 0) is 25.1 Å². The number of rotatable bonds is 6. The fourth-order valence-corrected chi connectivity index (χ4v) is 5.80. The molecule has 0 radical (unpaired) electrons. The maximum absolute atomic E-state index is 13.2. The van der Waals surface area contributed by atoms with Crippen LogP contribution in [0.5, 0.6) is 11.5 Å². The van der Waals surface area contributed by atoms with Crippen LogP contribution in [0.4, 0.5) is 0 Å². The zero-order valence-corrected chi connectivity index (χ0v) is 21.6. The Hall–Kier alpha value is -3.47. The van der Waals surface area contributed by atoms with Crippen molar-refractivity contribution < 1.29 is 23.8 Å². The zero-order valence-electron chi connectivity index (χ0n) is 20.8. The molecular weight excluding hydrogens is 480 g/mol. The van der Waals surface area contributed by atoms with Crippen molar-refractivity contribution in [2.45, 2.75) is 19.1 Å². The topological polar surface area (TPSA) is 94.9 Å². The Kier molecular flexibility index (Phi) is 6.42. The van der Waals surface area contributed by atoms with E-state index in [2.05, 4.69) is 10.3 Å². The molecule has 4 heterocycles. The molecule has 1 aliphatic heterocycles. The Labute approximate surface area is 212 Å². The molecule has 1 aromatic carbocycles. The standard InChI is InChI=1S/C26H28N4O5S/c1-14-23(25(31)27-2)16-7-6-15(10-18(16)29(14)3)35-19-8-9-28-17-11-22(36-24(17)19)26(32)30-12-20(33-4)21(13-30)34-5/h6-11,20-21H,12-13H2,1-5H3,(H,27,31). The minimum Gasteiger partial charge on any atom is -0.456 e. The number of nitrogens with zero attached hydrogens (tertiary/aromatic N) is 3. The summed E-state index contributed by atoms with van der Waals surface area (Å²) in [5, 5.41) is 3.57. The smallest absolute Gasteiger partial charge is 0.264 e. The summed E-state index contributed by atoms with van der Waals surface area (Å²) < 4.78 is 20.0. The lowest BCUT2D eigenvalue weighted by Crippen LogP contribution is -2.29. The van der Waals surface area contributed by atoms with E-state index in [0.717, 1.165) is 21.3 Å². The molecule has 10 heteroatoms. The molecule has 1 aliphatic rings. The molecule has 1 N–H and O–H groups in total. The van der Waals surface area contributed by atoms with E-state index in [1.807, 2.05) is 36.7 Å². The lowest BCUT2D eigenvalue weighted by atomic mass is 10.1. The summed E-state index contributed by atoms with van der Waals surface area (Å²) >= 11 is 1.36. The summed E-state index contributed by atoms with van der Waals surface area (Å²) in [6.07, 6.45) is 1.38. The molecule has 36 heavy (non-hydrogen) atoms. The van der Waals surface area contributed by atoms with Gasteiger partial charge in [-0.15, -0.1) is 11.3 Å². The number of carbonyl (C=O) groups excluding carboxylic acids is 2. The van der Waals surface area contributed by atoms with Crippen molar-refractivity contribution in [1.82, 2.24) is 19.8 Å². The summed E-state index contributed by atoms with van der Waals surface area (Å²) in [4.78, 5) is 32.4. The van der Waals surface area contributed by atoms with Crippen molar-refractivity contribution in [3.8, 4) is 11.5 Å². The number of aromatic nitrogens is 2. The molecule has 1 saturated heterocycles. The third-order valence-corrected chi connectivity index (χ3v) is 7.97. The number of nitrogens with one attached hydrogen (secondary N) is 1. The van der Waals surface area contributed by atoms with Crippen LogP contribution in [0, 0.1) is 6.92 Å². The molecule has 2 atom stereocenters. The van der Waals surface area contributed by atoms with E-state index in [1.54, 1.807) is 44.5 Å². The van der Waals surface area contributed by atoms with Gasteiger partial charge in [0.25, 0.3) is 11.8 Å². The molecule has 9 nitrogen and oxygen atoms in total. The van der Waals surface area contributed by atoms with Crippen molar-refractivity contribution in [1.29, 1.82) is 0 Å². The Balaban J connectivity index is 1.45. The summed E-state index contributed by atoms with van der Waals surface area (Å²) in [6.45, 7) is 2.88. The highest BCUT2D eigenvalue weighted by Crippen LogP contribution is 2.37. The summed E-state index contributed by atoms with van der Waals surface area (Å²) in [5.41, 5.74) is 3.12. The number of benzene rings is 1. The van der Waals surface area contributed by atoms with E-state index >= 15 is 0 Å². The molecule has 2 unspecified atom stereocenters. The van der Waals surface area contributed by atoms with Crippen molar-refractivity contribution >= 4 is 44.3 Å². The van der Waals surface area contributed by atoms with E-state index in [4.69, 9.17) is 14.2 Å². The highest BCUT2D eigenvalue weighted by molar-refractivity contribution is 7.21. The first-order chi connectivity index (χ1) is 17.4. The van der Waals surface area contributed by atoms with E-state index in [-0.39, 0.29) is 24.0 Å². The van der Waals surface area contributed by atoms with Crippen LogP contribution in [-0.4, -0.2) is 72.8 Å². The van der Waals surface area contributed by atoms with Crippen LogP contribution < -0.4 is 10.1 Å². The molecule has 0 bridgehead atoms. The Morgan fingerprint density at radius 1 is 1.11 bits per heavy atom. The van der Waals surface area contributed by atoms with Crippen LogP contribution in [0.1, 0.15) is 25.7 Å². The van der Waals surface area contributed by atoms with Gasteiger partial charge in [0.05, 0.1) is 26.2 Å². The second kappa shape index (κ2) is 9.53. The number of pyridine rings is 1. The minimum atomic E-state index is -0.148. The number of methoxy groups -OCH3 is 2. The van der Waals surface area contributed by atoms with Gasteiger partial charge < -0.3 is 29.0 Å². The van der Waals surface area contributed by atoms with Crippen LogP contribution in [0.3, 0.4) is 0 Å². The number of likely N-dealkylation sites (tertiary alicyclic amines) is 1. The Bertz CT molecular complexity index is 1460. The second-order valence-corrected chi connectivity index (χ2v) is 9.82. The predicted molar refractivity (Wildman–Crippen MR) is 138 cm³/mol. The molecule has 188 valence electrons. The number of fused-ring (bicyclic) bond motifs is 2. The number of carbonyl (C=O) groups is 2. The van der Waals surface area contributed by atoms with E-state index in [9.17, 15) is 9.59 Å². The summed E-state index contributed by atoms with van der Waals surface area (Å²) in [6, 6.07) is 9.26. The first-order valence-electron chi connectivity index (χ1n) is 11.6. The average molecular weight is 509 g/mol. The SMILES string of the molecule is CNC(=O)c1c(C)n(C)c2cc(Oc3ccnc4cc(C(=O)N5CC(OC)C(OC)C5)sc34)ccc12. The van der Waals surface area contributed by atoms with Crippen LogP contribution in [0.2, 0.25) is 0 Å². The largest absolute Gasteiger partial charge is 0.456 e. The number of ether oxygens (including phenoxy) is 3. The van der Waals surface area contributed by atoms with Crippen molar-refractivity contribution in [3.05, 3.63) is 52.7 Å². The molecule has 0 aliphatic carbocycles. The third-order valence-electron chi connectivity index (χ3n) is 6.84. The van der Waals surface area contributed by atoms with Gasteiger partial charge in [-0.3, -0.25) is 14.6 Å². The number of aryl methyl sites for hydroxylation is 1. The van der Waals surface area contributed by atoms with Crippen LogP contribution in [-0.2, 0) is 16.5 Å². The average Bonchev–Trinajstić information content (AvgIpc) is 3.58. The molecule has 0 saturated carbocycles. The molecule has 5 rings (SSSR count). The van der Waals surface area contributed by atoms with Gasteiger partial charge in [0.1, 0.15) is 23.7 Å². The highest BCUT2D eigenvalue weighted by atomic mass is 32.1. The molecule has 4 aromatic rings. The van der Waals surface area contributed by atoms with Gasteiger partial charge in [0.15, 0.2) is 0 Å². The molecule has 0 spiro atoms. The number of thiophene rings is 1. The van der Waals surface area contributed by atoms with Crippen molar-refractivity contribution in [2.24, 2.45) is 7.05 Å². The lowest BCUT2D eigenvalue weighted by molar-refractivity contribution is -0.00461. The van der Waals surface area contributed by atoms with Gasteiger partial charge in [-0.1, -0.05) is 0 Å². The monoisotopic (exact) mass is 508 g/mol. The minimum absolute atomic E-state index is 0.0759. The van der Waals surface area contributed by atoms with Crippen molar-refractivity contribution in [3.63, 3.8) is 0 Å². The second-order valence-electron chi connectivity index (χ2n) is 8.77. The van der Waals surface area contributed by atoms with Gasteiger partial charge in [-0.25, -0.2) is 0 Å². The quantitative estimate of drug-likeness (QED) is 0.427. The lowest BCUT2D eigenvalue weighted by Gasteiger charge is -2.14. The van der Waals surface area contributed by atoms with Crippen LogP contribution in [0.25, 0.3) is 21.1 Å². The van der Waals surface area contributed by atoms with Crippen LogP contribution in [0.15, 0.2) is 36.5 Å². The van der Waals surface area contributed by atoms with Gasteiger partial charge in [0, 0.05) is 70.8 Å². The normalized spacial score (nSPS) is 17.8. The fourth-order valence-electron chi connectivity index (χ4n) is 4.76. The maximum atomic E-state index is 13.2. The first kappa shape index (κ1) is 24.2. The fraction of sp³-hybridized carbons (Fsp3) is 0.346. The molecule has 1 fully saturated rings. The first-order valence-corrected chi connectivity index (χ1v) is 12.4. The van der Waals surface area contributed by atoms with E-state index in [1.165, 1.54) is 11.3 Å². The van der Waals surface area contributed by atoms with Gasteiger partial charge in [0.2, 0.25) is 0 Å². The van der Waals surface area contributed by atoms with E-state index in [0.29, 0.717) is 40.5 Å². The molecular formula is C26H28N4O5S. The van der Waals surface area contributed by atoms with Gasteiger partial charge >= 0.3 is 0 Å². The predicted octanol–water partition coefficient (Wildman–Crippen LogP) is 3.73. The Morgan fingerprint density at radius 3 is 2.50 bits per heavy atom. The van der Waals surface area contributed by atoms with Crippen molar-refractivity contribution in [2.75, 3.05) is 34.4 Å². The Morgan fingerprint density at radius 2 is 1.83 bits per heavy atom. The zero-order chi connectivity index (χ0) is 25.6. The summed E-state index contributed by atoms with van der Waals surface area (Å²) in [5.74, 6) is 1.05. The number of hydrogen-bond donors (Lipinski definition) is 1. The van der Waals surface area contributed by atoms with E-state index < -0.39 is 0 Å². The molecule has 2 amide bonds. The van der Waals surface area contributed by atoms with Crippen LogP contribution >= 0.6 is 11.3 Å². The number of amides is 2. The highest BCUT2D eigenvalue weighted by Gasteiger charge is 2.36. The maximum Gasteiger partial charge on any atom is 0.264 e. The third kappa shape index (κ3) is 4.01. The molecule has 3 aromatic heterocycles. The van der Waals surface area contributed by atoms with Gasteiger partial charge in [-0.2, -0.15) is 0 Å². The number of hydrogen-bond acceptors (Lipinski definition) is 7.